The monoisotopic (exact) mass is 257 g/mol. The molecule has 1 amide bonds. The summed E-state index contributed by atoms with van der Waals surface area (Å²) in [5, 5.41) is 10.6. The summed E-state index contributed by atoms with van der Waals surface area (Å²) in [6, 6.07) is 9.59. The first-order valence-corrected chi connectivity index (χ1v) is 6.35. The normalized spacial score (nSPS) is 10.7. The molecule has 1 aromatic carbocycles. The number of thiophene rings is 1. The van der Waals surface area contributed by atoms with E-state index in [1.54, 1.807) is 6.20 Å². The third-order valence-corrected chi connectivity index (χ3v) is 3.68. The molecule has 90 valence electrons. The molecule has 0 aliphatic rings. The largest absolute Gasteiger partial charge is 0.321 e. The van der Waals surface area contributed by atoms with Gasteiger partial charge in [0.15, 0.2) is 0 Å². The lowest BCUT2D eigenvalue weighted by Gasteiger charge is -2.03. The van der Waals surface area contributed by atoms with Crippen molar-refractivity contribution < 1.29 is 4.79 Å². The number of anilines is 1. The van der Waals surface area contributed by atoms with Gasteiger partial charge in [-0.3, -0.25) is 9.89 Å². The highest BCUT2D eigenvalue weighted by atomic mass is 32.1. The summed E-state index contributed by atoms with van der Waals surface area (Å²) in [4.78, 5) is 13.7. The number of hydrogen-bond donors (Lipinski definition) is 2. The Balaban J connectivity index is 1.85. The number of nitrogens with zero attached hydrogens (tertiary/aromatic N) is 1. The SMILES string of the molecule is Cc1cccc(NC(=O)c2cc3cn[nH]c3s2)c1. The van der Waals surface area contributed by atoms with Crippen LogP contribution in [0.4, 0.5) is 5.69 Å². The van der Waals surface area contributed by atoms with Gasteiger partial charge in [0.25, 0.3) is 5.91 Å². The van der Waals surface area contributed by atoms with Gasteiger partial charge in [0.2, 0.25) is 0 Å². The van der Waals surface area contributed by atoms with E-state index >= 15 is 0 Å². The van der Waals surface area contributed by atoms with Gasteiger partial charge >= 0.3 is 0 Å². The van der Waals surface area contributed by atoms with Gasteiger partial charge in [0.1, 0.15) is 4.83 Å². The molecule has 3 rings (SSSR count). The van der Waals surface area contributed by atoms with E-state index in [0.717, 1.165) is 21.5 Å². The first-order valence-electron chi connectivity index (χ1n) is 5.53. The molecule has 3 aromatic rings. The minimum atomic E-state index is -0.0878. The van der Waals surface area contributed by atoms with E-state index in [9.17, 15) is 4.79 Å². The van der Waals surface area contributed by atoms with Gasteiger partial charge in [-0.15, -0.1) is 11.3 Å². The van der Waals surface area contributed by atoms with Crippen LogP contribution in [0.3, 0.4) is 0 Å². The predicted molar refractivity (Wildman–Crippen MR) is 73.1 cm³/mol. The van der Waals surface area contributed by atoms with Crippen molar-refractivity contribution >= 4 is 33.1 Å². The van der Waals surface area contributed by atoms with Gasteiger partial charge < -0.3 is 5.32 Å². The lowest BCUT2D eigenvalue weighted by molar-refractivity contribution is 0.103. The van der Waals surface area contributed by atoms with Crippen LogP contribution in [-0.2, 0) is 0 Å². The van der Waals surface area contributed by atoms with Crippen LogP contribution in [-0.4, -0.2) is 16.1 Å². The zero-order valence-corrected chi connectivity index (χ0v) is 10.5. The predicted octanol–water partition coefficient (Wildman–Crippen LogP) is 3.19. The van der Waals surface area contributed by atoms with Gasteiger partial charge in [0, 0.05) is 11.1 Å². The van der Waals surface area contributed by atoms with Gasteiger partial charge in [-0.2, -0.15) is 5.10 Å². The van der Waals surface area contributed by atoms with E-state index in [4.69, 9.17) is 0 Å². The summed E-state index contributed by atoms with van der Waals surface area (Å²) in [5.74, 6) is -0.0878. The van der Waals surface area contributed by atoms with Crippen LogP contribution in [0.2, 0.25) is 0 Å². The number of benzene rings is 1. The fraction of sp³-hybridized carbons (Fsp3) is 0.0769. The van der Waals surface area contributed by atoms with Crippen molar-refractivity contribution in [3.05, 3.63) is 47.0 Å². The minimum absolute atomic E-state index is 0.0878. The molecule has 0 aliphatic carbocycles. The molecule has 2 heterocycles. The second kappa shape index (κ2) is 4.27. The molecule has 0 aliphatic heterocycles. The summed E-state index contributed by atoms with van der Waals surface area (Å²) >= 11 is 1.41. The maximum Gasteiger partial charge on any atom is 0.265 e. The average molecular weight is 257 g/mol. The molecule has 0 radical (unpaired) electrons. The molecule has 0 bridgehead atoms. The van der Waals surface area contributed by atoms with Gasteiger partial charge in [-0.25, -0.2) is 0 Å². The van der Waals surface area contributed by atoms with Gasteiger partial charge in [-0.1, -0.05) is 12.1 Å². The number of nitrogens with one attached hydrogen (secondary N) is 2. The Kier molecular flexibility index (Phi) is 2.60. The molecule has 2 N–H and O–H groups in total. The lowest BCUT2D eigenvalue weighted by atomic mass is 10.2. The Hall–Kier alpha value is -2.14. The van der Waals surface area contributed by atoms with Crippen molar-refractivity contribution in [3.63, 3.8) is 0 Å². The lowest BCUT2D eigenvalue weighted by Crippen LogP contribution is -2.09. The quantitative estimate of drug-likeness (QED) is 0.740. The fourth-order valence-corrected chi connectivity index (χ4v) is 2.65. The number of aromatic nitrogens is 2. The van der Waals surface area contributed by atoms with Crippen LogP contribution < -0.4 is 5.32 Å². The minimum Gasteiger partial charge on any atom is -0.321 e. The fourth-order valence-electron chi connectivity index (χ4n) is 1.78. The second-order valence-electron chi connectivity index (χ2n) is 4.09. The number of aryl methyl sites for hydroxylation is 1. The smallest absolute Gasteiger partial charge is 0.265 e. The molecule has 0 saturated carbocycles. The molecule has 0 unspecified atom stereocenters. The Morgan fingerprint density at radius 3 is 3.06 bits per heavy atom. The van der Waals surface area contributed by atoms with Crippen molar-refractivity contribution in [2.45, 2.75) is 6.92 Å². The maximum atomic E-state index is 12.1. The molecule has 0 fully saturated rings. The number of hydrogen-bond acceptors (Lipinski definition) is 3. The molecule has 0 spiro atoms. The highest BCUT2D eigenvalue weighted by Gasteiger charge is 2.11. The van der Waals surface area contributed by atoms with E-state index in [1.807, 2.05) is 37.3 Å². The zero-order valence-electron chi connectivity index (χ0n) is 9.73. The number of carbonyl (C=O) groups is 1. The topological polar surface area (TPSA) is 57.8 Å². The Morgan fingerprint density at radius 1 is 1.39 bits per heavy atom. The zero-order chi connectivity index (χ0) is 12.5. The van der Waals surface area contributed by atoms with Crippen molar-refractivity contribution in [1.82, 2.24) is 10.2 Å². The van der Waals surface area contributed by atoms with Crippen LogP contribution >= 0.6 is 11.3 Å². The van der Waals surface area contributed by atoms with Crippen LogP contribution in [0.15, 0.2) is 36.5 Å². The van der Waals surface area contributed by atoms with Crippen LogP contribution in [0.25, 0.3) is 10.2 Å². The van der Waals surface area contributed by atoms with E-state index in [-0.39, 0.29) is 5.91 Å². The maximum absolute atomic E-state index is 12.1. The van der Waals surface area contributed by atoms with Crippen molar-refractivity contribution in [2.75, 3.05) is 5.32 Å². The number of H-pyrrole nitrogens is 1. The van der Waals surface area contributed by atoms with Gasteiger partial charge in [0.05, 0.1) is 11.1 Å². The molecule has 0 atom stereocenters. The number of amides is 1. The van der Waals surface area contributed by atoms with E-state index < -0.39 is 0 Å². The first-order chi connectivity index (χ1) is 8.72. The second-order valence-corrected chi connectivity index (χ2v) is 5.14. The molecular formula is C13H11N3OS. The number of fused-ring (bicyclic) bond motifs is 1. The van der Waals surface area contributed by atoms with Crippen molar-refractivity contribution in [2.24, 2.45) is 0 Å². The highest BCUT2D eigenvalue weighted by molar-refractivity contribution is 7.20. The van der Waals surface area contributed by atoms with Gasteiger partial charge in [-0.05, 0) is 30.7 Å². The summed E-state index contributed by atoms with van der Waals surface area (Å²) in [7, 11) is 0. The Bertz CT molecular complexity index is 685. The Labute approximate surface area is 108 Å². The molecule has 4 nitrogen and oxygen atoms in total. The third kappa shape index (κ3) is 2.00. The number of rotatable bonds is 2. The molecule has 18 heavy (non-hydrogen) atoms. The van der Waals surface area contributed by atoms with Crippen LogP contribution in [0.1, 0.15) is 15.2 Å². The Morgan fingerprint density at radius 2 is 2.28 bits per heavy atom. The van der Waals surface area contributed by atoms with Crippen molar-refractivity contribution in [1.29, 1.82) is 0 Å². The molecular weight excluding hydrogens is 246 g/mol. The summed E-state index contributed by atoms with van der Waals surface area (Å²) < 4.78 is 0. The molecule has 5 heteroatoms. The number of aromatic amines is 1. The van der Waals surface area contributed by atoms with E-state index in [1.165, 1.54) is 11.3 Å². The highest BCUT2D eigenvalue weighted by Crippen LogP contribution is 2.24. The first kappa shape index (κ1) is 11.0. The summed E-state index contributed by atoms with van der Waals surface area (Å²) in [6.45, 7) is 2.00. The van der Waals surface area contributed by atoms with E-state index in [2.05, 4.69) is 15.5 Å². The summed E-state index contributed by atoms with van der Waals surface area (Å²) in [6.07, 6.45) is 1.72. The van der Waals surface area contributed by atoms with Crippen molar-refractivity contribution in [3.8, 4) is 0 Å². The van der Waals surface area contributed by atoms with Crippen LogP contribution in [0, 0.1) is 6.92 Å². The standard InChI is InChI=1S/C13H11N3OS/c1-8-3-2-4-10(5-8)15-12(17)11-6-9-7-14-16-13(9)18-11/h2-7H,1H3,(H,14,16)(H,15,17). The average Bonchev–Trinajstić information content (AvgIpc) is 2.88. The third-order valence-electron chi connectivity index (χ3n) is 2.63. The number of carbonyl (C=O) groups excluding carboxylic acids is 1. The van der Waals surface area contributed by atoms with E-state index in [0.29, 0.717) is 4.88 Å². The van der Waals surface area contributed by atoms with Crippen LogP contribution in [0.5, 0.6) is 0 Å². The molecule has 0 saturated heterocycles. The molecule has 2 aromatic heterocycles. The summed E-state index contributed by atoms with van der Waals surface area (Å²) in [5.41, 5.74) is 1.94.